The van der Waals surface area contributed by atoms with Crippen LogP contribution in [0.5, 0.6) is 5.75 Å². The number of benzene rings is 2. The number of ether oxygens (including phenoxy) is 1. The summed E-state index contributed by atoms with van der Waals surface area (Å²) in [7, 11) is 1.56. The molecule has 3 rings (SSSR count). The summed E-state index contributed by atoms with van der Waals surface area (Å²) in [6, 6.07) is 12.0. The van der Waals surface area contributed by atoms with Crippen LogP contribution in [-0.2, 0) is 0 Å². The first-order valence-corrected chi connectivity index (χ1v) is 7.61. The van der Waals surface area contributed by atoms with Gasteiger partial charge in [-0.05, 0) is 55.5 Å². The Kier molecular flexibility index (Phi) is 4.74. The minimum Gasteiger partial charge on any atom is -0.497 e. The van der Waals surface area contributed by atoms with Crippen molar-refractivity contribution in [2.75, 3.05) is 7.11 Å². The maximum Gasteiger partial charge on any atom is 0.251 e. The van der Waals surface area contributed by atoms with Gasteiger partial charge in [0, 0.05) is 11.1 Å². The number of nitrogens with zero attached hydrogens (tertiary/aromatic N) is 2. The standard InChI is InChI=1S/C18H16FN3O3/c1-11(20-17(23)13-5-9-15(24-2)10-6-13)18-21-16(22-25-18)12-3-7-14(19)8-4-12/h3-11H,1-2H3,(H,20,23)/t11-/m1/s1. The molecule has 128 valence electrons. The first-order chi connectivity index (χ1) is 12.1. The second-order valence-electron chi connectivity index (χ2n) is 5.39. The van der Waals surface area contributed by atoms with Crippen LogP contribution in [0, 0.1) is 5.82 Å². The van der Waals surface area contributed by atoms with Crippen molar-refractivity contribution < 1.29 is 18.4 Å². The van der Waals surface area contributed by atoms with Crippen molar-refractivity contribution in [1.29, 1.82) is 0 Å². The highest BCUT2D eigenvalue weighted by Gasteiger charge is 2.18. The predicted octanol–water partition coefficient (Wildman–Crippen LogP) is 3.38. The smallest absolute Gasteiger partial charge is 0.251 e. The highest BCUT2D eigenvalue weighted by Crippen LogP contribution is 2.19. The second kappa shape index (κ2) is 7.12. The van der Waals surface area contributed by atoms with Gasteiger partial charge in [0.1, 0.15) is 17.6 Å². The van der Waals surface area contributed by atoms with Crippen molar-refractivity contribution in [2.45, 2.75) is 13.0 Å². The third kappa shape index (κ3) is 3.82. The van der Waals surface area contributed by atoms with Gasteiger partial charge in [-0.1, -0.05) is 5.16 Å². The molecule has 0 saturated heterocycles. The molecule has 1 amide bonds. The first kappa shape index (κ1) is 16.6. The fourth-order valence-corrected chi connectivity index (χ4v) is 2.21. The minimum absolute atomic E-state index is 0.265. The van der Waals surface area contributed by atoms with Crippen LogP contribution < -0.4 is 10.1 Å². The van der Waals surface area contributed by atoms with Crippen LogP contribution in [0.15, 0.2) is 53.1 Å². The summed E-state index contributed by atoms with van der Waals surface area (Å²) in [6.07, 6.45) is 0. The van der Waals surface area contributed by atoms with Crippen LogP contribution in [-0.4, -0.2) is 23.2 Å². The average molecular weight is 341 g/mol. The normalized spacial score (nSPS) is 11.8. The Hall–Kier alpha value is -3.22. The van der Waals surface area contributed by atoms with Crippen LogP contribution in [0.25, 0.3) is 11.4 Å². The van der Waals surface area contributed by atoms with Gasteiger partial charge in [-0.2, -0.15) is 4.98 Å². The van der Waals surface area contributed by atoms with Crippen molar-refractivity contribution >= 4 is 5.91 Å². The molecule has 0 unspecified atom stereocenters. The highest BCUT2D eigenvalue weighted by atomic mass is 19.1. The third-order valence-electron chi connectivity index (χ3n) is 3.61. The van der Waals surface area contributed by atoms with E-state index in [4.69, 9.17) is 9.26 Å². The number of rotatable bonds is 5. The fourth-order valence-electron chi connectivity index (χ4n) is 2.21. The Balaban J connectivity index is 1.69. The molecule has 0 aliphatic heterocycles. The number of hydrogen-bond acceptors (Lipinski definition) is 5. The van der Waals surface area contributed by atoms with E-state index in [0.29, 0.717) is 22.7 Å². The zero-order valence-corrected chi connectivity index (χ0v) is 13.7. The van der Waals surface area contributed by atoms with Gasteiger partial charge in [-0.25, -0.2) is 4.39 Å². The van der Waals surface area contributed by atoms with Crippen LogP contribution >= 0.6 is 0 Å². The van der Waals surface area contributed by atoms with Gasteiger partial charge in [-0.15, -0.1) is 0 Å². The average Bonchev–Trinajstić information content (AvgIpc) is 3.12. The van der Waals surface area contributed by atoms with E-state index in [1.54, 1.807) is 50.4 Å². The molecule has 0 aliphatic carbocycles. The summed E-state index contributed by atoms with van der Waals surface area (Å²) in [5.74, 6) is 0.663. The summed E-state index contributed by atoms with van der Waals surface area (Å²) in [5, 5.41) is 6.65. The fraction of sp³-hybridized carbons (Fsp3) is 0.167. The molecule has 0 fully saturated rings. The number of amides is 1. The van der Waals surface area contributed by atoms with Gasteiger partial charge >= 0.3 is 0 Å². The number of methoxy groups -OCH3 is 1. The Morgan fingerprint density at radius 3 is 2.48 bits per heavy atom. The molecular formula is C18H16FN3O3. The topological polar surface area (TPSA) is 77.2 Å². The number of aromatic nitrogens is 2. The number of carbonyl (C=O) groups is 1. The highest BCUT2D eigenvalue weighted by molar-refractivity contribution is 5.94. The Labute approximate surface area is 143 Å². The summed E-state index contributed by atoms with van der Waals surface area (Å²) in [6.45, 7) is 1.74. The van der Waals surface area contributed by atoms with Crippen LogP contribution in [0.3, 0.4) is 0 Å². The number of nitrogens with one attached hydrogen (secondary N) is 1. The van der Waals surface area contributed by atoms with Gasteiger partial charge in [0.15, 0.2) is 0 Å². The zero-order chi connectivity index (χ0) is 17.8. The molecule has 0 bridgehead atoms. The number of hydrogen-bond donors (Lipinski definition) is 1. The molecule has 0 spiro atoms. The molecule has 0 aliphatic rings. The van der Waals surface area contributed by atoms with Crippen molar-refractivity contribution in [3.05, 3.63) is 65.8 Å². The van der Waals surface area contributed by atoms with Gasteiger partial charge in [0.25, 0.3) is 5.91 Å². The van der Waals surface area contributed by atoms with Crippen molar-refractivity contribution in [3.8, 4) is 17.1 Å². The van der Waals surface area contributed by atoms with Gasteiger partial charge in [-0.3, -0.25) is 4.79 Å². The first-order valence-electron chi connectivity index (χ1n) is 7.61. The van der Waals surface area contributed by atoms with Crippen molar-refractivity contribution in [2.24, 2.45) is 0 Å². The van der Waals surface area contributed by atoms with Crippen LogP contribution in [0.2, 0.25) is 0 Å². The minimum atomic E-state index is -0.476. The van der Waals surface area contributed by atoms with Crippen LogP contribution in [0.1, 0.15) is 29.2 Å². The summed E-state index contributed by atoms with van der Waals surface area (Å²) in [5.41, 5.74) is 1.12. The predicted molar refractivity (Wildman–Crippen MR) is 88.6 cm³/mol. The van der Waals surface area contributed by atoms with Crippen molar-refractivity contribution in [1.82, 2.24) is 15.5 Å². The monoisotopic (exact) mass is 341 g/mol. The van der Waals surface area contributed by atoms with Gasteiger partial charge < -0.3 is 14.6 Å². The van der Waals surface area contributed by atoms with E-state index in [1.807, 2.05) is 0 Å². The van der Waals surface area contributed by atoms with E-state index in [0.717, 1.165) is 0 Å². The molecule has 1 aromatic heterocycles. The molecule has 3 aromatic rings. The number of halogens is 1. The van der Waals surface area contributed by atoms with E-state index in [1.165, 1.54) is 12.1 Å². The van der Waals surface area contributed by atoms with Crippen molar-refractivity contribution in [3.63, 3.8) is 0 Å². The summed E-state index contributed by atoms with van der Waals surface area (Å²) >= 11 is 0. The molecule has 1 N–H and O–H groups in total. The lowest BCUT2D eigenvalue weighted by molar-refractivity contribution is 0.0932. The van der Waals surface area contributed by atoms with Crippen LogP contribution in [0.4, 0.5) is 4.39 Å². The van der Waals surface area contributed by atoms with E-state index in [9.17, 15) is 9.18 Å². The molecular weight excluding hydrogens is 325 g/mol. The quantitative estimate of drug-likeness (QED) is 0.770. The maximum absolute atomic E-state index is 13.0. The number of carbonyl (C=O) groups excluding carboxylic acids is 1. The molecule has 0 saturated carbocycles. The molecule has 1 atom stereocenters. The summed E-state index contributed by atoms with van der Waals surface area (Å²) < 4.78 is 23.2. The summed E-state index contributed by atoms with van der Waals surface area (Å²) in [4.78, 5) is 16.5. The van der Waals surface area contributed by atoms with E-state index in [2.05, 4.69) is 15.5 Å². The Bertz CT molecular complexity index is 860. The Morgan fingerprint density at radius 1 is 1.16 bits per heavy atom. The lowest BCUT2D eigenvalue weighted by Gasteiger charge is -2.10. The molecule has 1 heterocycles. The van der Waals surface area contributed by atoms with Gasteiger partial charge in [0.2, 0.25) is 11.7 Å². The molecule has 0 radical (unpaired) electrons. The van der Waals surface area contributed by atoms with E-state index < -0.39 is 6.04 Å². The lowest BCUT2D eigenvalue weighted by Crippen LogP contribution is -2.26. The van der Waals surface area contributed by atoms with E-state index in [-0.39, 0.29) is 17.6 Å². The maximum atomic E-state index is 13.0. The third-order valence-corrected chi connectivity index (χ3v) is 3.61. The molecule has 2 aromatic carbocycles. The van der Waals surface area contributed by atoms with Gasteiger partial charge in [0.05, 0.1) is 7.11 Å². The molecule has 7 heteroatoms. The largest absolute Gasteiger partial charge is 0.497 e. The molecule has 25 heavy (non-hydrogen) atoms. The molecule has 6 nitrogen and oxygen atoms in total. The lowest BCUT2D eigenvalue weighted by atomic mass is 10.2. The Morgan fingerprint density at radius 2 is 1.84 bits per heavy atom. The SMILES string of the molecule is COc1ccc(C(=O)N[C@H](C)c2nc(-c3ccc(F)cc3)no2)cc1. The van der Waals surface area contributed by atoms with E-state index >= 15 is 0 Å². The second-order valence-corrected chi connectivity index (χ2v) is 5.39. The zero-order valence-electron chi connectivity index (χ0n) is 13.7.